The number of fused-ring (bicyclic) bond motifs is 2. The number of carbonyl (C=O) groups excluding carboxylic acids is 1. The molecule has 2 fully saturated rings. The van der Waals surface area contributed by atoms with E-state index in [1.165, 1.54) is 36.7 Å². The molecule has 4 heterocycles. The number of piperidine rings is 1. The van der Waals surface area contributed by atoms with Gasteiger partial charge in [-0.15, -0.1) is 0 Å². The second-order valence-corrected chi connectivity index (χ2v) is 9.41. The molecular weight excluding hydrogens is 463 g/mol. The number of halogens is 1. The van der Waals surface area contributed by atoms with Crippen LogP contribution in [-0.4, -0.2) is 62.8 Å². The molecular formula is C25H27FN8O2. The van der Waals surface area contributed by atoms with Gasteiger partial charge in [0.1, 0.15) is 5.82 Å². The summed E-state index contributed by atoms with van der Waals surface area (Å²) in [7, 11) is 1.49. The van der Waals surface area contributed by atoms with Gasteiger partial charge >= 0.3 is 6.01 Å². The molecule has 186 valence electrons. The zero-order valence-corrected chi connectivity index (χ0v) is 20.2. The molecule has 1 saturated carbocycles. The summed E-state index contributed by atoms with van der Waals surface area (Å²) in [5.74, 6) is -0.553. The largest absolute Gasteiger partial charge is 0.467 e. The summed E-state index contributed by atoms with van der Waals surface area (Å²) in [6, 6.07) is 6.34. The predicted molar refractivity (Wildman–Crippen MR) is 133 cm³/mol. The molecule has 1 aliphatic heterocycles. The highest BCUT2D eigenvalue weighted by Crippen LogP contribution is 2.32. The number of nitrogens with one attached hydrogen (secondary N) is 2. The normalized spacial score (nSPS) is 16.6. The summed E-state index contributed by atoms with van der Waals surface area (Å²) in [5.41, 5.74) is 2.18. The minimum atomic E-state index is -0.572. The Balaban J connectivity index is 1.30. The van der Waals surface area contributed by atoms with E-state index in [1.807, 2.05) is 6.07 Å². The molecule has 6 rings (SSSR count). The quantitative estimate of drug-likeness (QED) is 0.424. The van der Waals surface area contributed by atoms with Gasteiger partial charge in [-0.05, 0) is 44.7 Å². The highest BCUT2D eigenvalue weighted by atomic mass is 19.1. The molecule has 2 N–H and O–H groups in total. The van der Waals surface area contributed by atoms with Crippen molar-refractivity contribution in [1.82, 2.24) is 29.9 Å². The molecule has 0 radical (unpaired) electrons. The fraction of sp³-hybridized carbons (Fsp3) is 0.400. The van der Waals surface area contributed by atoms with E-state index < -0.39 is 11.7 Å². The number of benzene rings is 1. The highest BCUT2D eigenvalue weighted by molar-refractivity contribution is 6.13. The number of hydrogen-bond acceptors (Lipinski definition) is 8. The summed E-state index contributed by atoms with van der Waals surface area (Å²) in [4.78, 5) is 28.5. The van der Waals surface area contributed by atoms with Crippen molar-refractivity contribution >= 4 is 33.8 Å². The Hall–Kier alpha value is -3.86. The van der Waals surface area contributed by atoms with Crippen LogP contribution in [0.1, 0.15) is 41.9 Å². The lowest BCUT2D eigenvalue weighted by molar-refractivity contribution is 0.102. The number of hydrogen-bond donors (Lipinski definition) is 2. The number of carbonyl (C=O) groups is 1. The number of pyridine rings is 1. The zero-order chi connectivity index (χ0) is 24.8. The first-order valence-corrected chi connectivity index (χ1v) is 12.2. The fourth-order valence-electron chi connectivity index (χ4n) is 4.84. The molecule has 4 aromatic rings. The third-order valence-electron chi connectivity index (χ3n) is 6.77. The number of rotatable bonds is 6. The van der Waals surface area contributed by atoms with Gasteiger partial charge in [0, 0.05) is 48.5 Å². The molecule has 0 unspecified atom stereocenters. The lowest BCUT2D eigenvalue weighted by atomic mass is 10.0. The van der Waals surface area contributed by atoms with Gasteiger partial charge in [0.25, 0.3) is 5.91 Å². The molecule has 0 bridgehead atoms. The first kappa shape index (κ1) is 22.6. The van der Waals surface area contributed by atoms with Crippen LogP contribution >= 0.6 is 0 Å². The average Bonchev–Trinajstić information content (AvgIpc) is 3.61. The van der Waals surface area contributed by atoms with Gasteiger partial charge in [-0.1, -0.05) is 0 Å². The van der Waals surface area contributed by atoms with Gasteiger partial charge in [0.2, 0.25) is 0 Å². The maximum Gasteiger partial charge on any atom is 0.316 e. The third-order valence-corrected chi connectivity index (χ3v) is 6.77. The first-order chi connectivity index (χ1) is 17.5. The van der Waals surface area contributed by atoms with Crippen molar-refractivity contribution in [3.63, 3.8) is 0 Å². The van der Waals surface area contributed by atoms with E-state index in [4.69, 9.17) is 4.74 Å². The van der Waals surface area contributed by atoms with E-state index >= 15 is 0 Å². The van der Waals surface area contributed by atoms with E-state index in [9.17, 15) is 9.18 Å². The van der Waals surface area contributed by atoms with Crippen molar-refractivity contribution in [2.75, 3.05) is 30.4 Å². The first-order valence-electron chi connectivity index (χ1n) is 12.2. The van der Waals surface area contributed by atoms with Crippen LogP contribution in [-0.2, 0) is 0 Å². The van der Waals surface area contributed by atoms with E-state index in [2.05, 4.69) is 35.6 Å². The van der Waals surface area contributed by atoms with E-state index in [-0.39, 0.29) is 17.3 Å². The van der Waals surface area contributed by atoms with E-state index in [0.717, 1.165) is 37.0 Å². The van der Waals surface area contributed by atoms with Crippen molar-refractivity contribution in [3.8, 4) is 6.01 Å². The van der Waals surface area contributed by atoms with Crippen LogP contribution in [0.2, 0.25) is 0 Å². The van der Waals surface area contributed by atoms with Crippen LogP contribution in [0.4, 0.5) is 15.8 Å². The third kappa shape index (κ3) is 4.30. The standard InChI is InChI=1S/C25H27FN8O2/c1-14-28-23-20(26)11-17(13-34(23)32-14)30-24(35)18-5-6-21(19-12-27-25(36-2)31-22(18)19)33-9-7-16(8-10-33)29-15-3-4-15/h5-6,11-13,15-16,29H,3-4,7-10H2,1-2H3,(H,30,35). The van der Waals surface area contributed by atoms with Crippen molar-refractivity contribution in [2.45, 2.75) is 44.7 Å². The second kappa shape index (κ2) is 8.98. The zero-order valence-electron chi connectivity index (χ0n) is 20.2. The van der Waals surface area contributed by atoms with Crippen LogP contribution in [0.25, 0.3) is 16.6 Å². The minimum Gasteiger partial charge on any atom is -0.467 e. The number of aryl methyl sites for hydroxylation is 1. The number of anilines is 2. The summed E-state index contributed by atoms with van der Waals surface area (Å²) in [6.45, 7) is 3.50. The Morgan fingerprint density at radius 2 is 1.92 bits per heavy atom. The van der Waals surface area contributed by atoms with Crippen molar-refractivity contribution in [3.05, 3.63) is 47.8 Å². The highest BCUT2D eigenvalue weighted by Gasteiger charge is 2.28. The molecule has 36 heavy (non-hydrogen) atoms. The second-order valence-electron chi connectivity index (χ2n) is 9.41. The Morgan fingerprint density at radius 1 is 1.14 bits per heavy atom. The molecule has 1 saturated heterocycles. The maximum absolute atomic E-state index is 14.5. The number of ether oxygens (including phenoxy) is 1. The van der Waals surface area contributed by atoms with Gasteiger partial charge < -0.3 is 20.3 Å². The Bertz CT molecular complexity index is 1460. The number of amides is 1. The van der Waals surface area contributed by atoms with Crippen LogP contribution < -0.4 is 20.3 Å². The minimum absolute atomic E-state index is 0.105. The SMILES string of the molecule is COc1ncc2c(N3CCC(NC4CC4)CC3)ccc(C(=O)Nc3cc(F)c4nc(C)nn4c3)c2n1. The number of aromatic nitrogens is 5. The van der Waals surface area contributed by atoms with Crippen LogP contribution in [0.15, 0.2) is 30.6 Å². The van der Waals surface area contributed by atoms with Gasteiger partial charge in [-0.3, -0.25) is 4.79 Å². The van der Waals surface area contributed by atoms with Gasteiger partial charge in [-0.2, -0.15) is 10.1 Å². The monoisotopic (exact) mass is 490 g/mol. The van der Waals surface area contributed by atoms with E-state index in [0.29, 0.717) is 29.0 Å². The van der Waals surface area contributed by atoms with Gasteiger partial charge in [0.15, 0.2) is 11.5 Å². The smallest absolute Gasteiger partial charge is 0.316 e. The molecule has 0 atom stereocenters. The van der Waals surface area contributed by atoms with Gasteiger partial charge in [0.05, 0.1) is 30.1 Å². The molecule has 3 aromatic heterocycles. The number of methoxy groups -OCH3 is 1. The molecule has 10 nitrogen and oxygen atoms in total. The fourth-order valence-corrected chi connectivity index (χ4v) is 4.84. The molecule has 2 aliphatic rings. The van der Waals surface area contributed by atoms with Crippen LogP contribution in [0.3, 0.4) is 0 Å². The summed E-state index contributed by atoms with van der Waals surface area (Å²) in [5, 5.41) is 11.4. The van der Waals surface area contributed by atoms with Crippen molar-refractivity contribution in [2.24, 2.45) is 0 Å². The topological polar surface area (TPSA) is 110 Å². The summed E-state index contributed by atoms with van der Waals surface area (Å²) >= 11 is 0. The molecule has 1 aliphatic carbocycles. The predicted octanol–water partition coefficient (Wildman–Crippen LogP) is 3.10. The molecule has 1 amide bonds. The van der Waals surface area contributed by atoms with Crippen molar-refractivity contribution in [1.29, 1.82) is 0 Å². The Labute approximate surface area is 206 Å². The van der Waals surface area contributed by atoms with E-state index in [1.54, 1.807) is 19.2 Å². The van der Waals surface area contributed by atoms with Crippen molar-refractivity contribution < 1.29 is 13.9 Å². The number of nitrogens with zero attached hydrogens (tertiary/aromatic N) is 6. The Morgan fingerprint density at radius 3 is 2.67 bits per heavy atom. The summed E-state index contributed by atoms with van der Waals surface area (Å²) in [6.07, 6.45) is 7.92. The average molecular weight is 491 g/mol. The molecule has 11 heteroatoms. The van der Waals surface area contributed by atoms with Gasteiger partial charge in [-0.25, -0.2) is 18.9 Å². The Kier molecular flexibility index (Phi) is 5.63. The maximum atomic E-state index is 14.5. The molecule has 0 spiro atoms. The van der Waals surface area contributed by atoms with Crippen LogP contribution in [0, 0.1) is 12.7 Å². The lowest BCUT2D eigenvalue weighted by Gasteiger charge is -2.34. The molecule has 1 aromatic carbocycles. The lowest BCUT2D eigenvalue weighted by Crippen LogP contribution is -2.43. The summed E-state index contributed by atoms with van der Waals surface area (Å²) < 4.78 is 21.1. The van der Waals surface area contributed by atoms with Crippen LogP contribution in [0.5, 0.6) is 6.01 Å².